The summed E-state index contributed by atoms with van der Waals surface area (Å²) in [5, 5.41) is 1.17. The second-order valence-electron chi connectivity index (χ2n) is 6.41. The molecule has 1 aliphatic carbocycles. The molecule has 0 radical (unpaired) electrons. The van der Waals surface area contributed by atoms with Crippen LogP contribution in [0.3, 0.4) is 0 Å². The van der Waals surface area contributed by atoms with Gasteiger partial charge in [-0.25, -0.2) is 4.39 Å². The van der Waals surface area contributed by atoms with Gasteiger partial charge in [0.15, 0.2) is 0 Å². The van der Waals surface area contributed by atoms with Crippen LogP contribution in [0.4, 0.5) is 4.39 Å². The highest BCUT2D eigenvalue weighted by molar-refractivity contribution is 5.86. The number of benzene rings is 1. The Bertz CT molecular complexity index is 730. The summed E-state index contributed by atoms with van der Waals surface area (Å²) < 4.78 is 14.4. The van der Waals surface area contributed by atoms with Crippen molar-refractivity contribution in [1.29, 1.82) is 0 Å². The maximum atomic E-state index is 14.4. The Labute approximate surface area is 146 Å². The van der Waals surface area contributed by atoms with Crippen LogP contribution < -0.4 is 0 Å². The Hall–Kier alpha value is -1.70. The SMILES string of the molecule is CC.CCc1cc(C)nc2ccc(C3=C(F)CCC(CC)C3)cc12. The van der Waals surface area contributed by atoms with Crippen molar-refractivity contribution in [3.05, 3.63) is 46.9 Å². The molecule has 0 bridgehead atoms. The maximum Gasteiger partial charge on any atom is 0.104 e. The third kappa shape index (κ3) is 3.85. The van der Waals surface area contributed by atoms with Crippen molar-refractivity contribution in [2.45, 2.75) is 66.7 Å². The highest BCUT2D eigenvalue weighted by atomic mass is 19.1. The standard InChI is InChI=1S/C20H24FN.C2H6/c1-4-14-6-8-19(21)17(11-14)16-7-9-20-18(12-16)15(5-2)10-13(3)22-20;1-2/h7,9-10,12,14H,4-6,8,11H2,1-3H3;1-2H3. The van der Waals surface area contributed by atoms with Gasteiger partial charge >= 0.3 is 0 Å². The van der Waals surface area contributed by atoms with E-state index in [0.717, 1.165) is 48.0 Å². The van der Waals surface area contributed by atoms with Gasteiger partial charge in [0.1, 0.15) is 5.83 Å². The molecule has 2 heteroatoms. The molecule has 0 saturated carbocycles. The first-order valence-corrected chi connectivity index (χ1v) is 9.40. The van der Waals surface area contributed by atoms with Crippen LogP contribution in [0, 0.1) is 12.8 Å². The van der Waals surface area contributed by atoms with Crippen LogP contribution in [0.1, 0.15) is 70.2 Å². The smallest absolute Gasteiger partial charge is 0.104 e. The van der Waals surface area contributed by atoms with E-state index in [0.29, 0.717) is 12.3 Å². The van der Waals surface area contributed by atoms with Crippen LogP contribution in [0.2, 0.25) is 0 Å². The molecule has 1 aromatic carbocycles. The van der Waals surface area contributed by atoms with Crippen molar-refractivity contribution >= 4 is 16.5 Å². The summed E-state index contributed by atoms with van der Waals surface area (Å²) in [7, 11) is 0. The lowest BCUT2D eigenvalue weighted by Crippen LogP contribution is -2.07. The number of aromatic nitrogens is 1. The van der Waals surface area contributed by atoms with Crippen LogP contribution in [0.15, 0.2) is 30.1 Å². The first kappa shape index (κ1) is 18.6. The molecule has 0 saturated heterocycles. The third-order valence-electron chi connectivity index (χ3n) is 4.92. The summed E-state index contributed by atoms with van der Waals surface area (Å²) in [6.45, 7) is 10.4. The number of halogens is 1. The third-order valence-corrected chi connectivity index (χ3v) is 4.92. The molecule has 130 valence electrons. The van der Waals surface area contributed by atoms with Crippen LogP contribution >= 0.6 is 0 Å². The van der Waals surface area contributed by atoms with Gasteiger partial charge in [-0.15, -0.1) is 0 Å². The van der Waals surface area contributed by atoms with Gasteiger partial charge in [0.25, 0.3) is 0 Å². The first-order chi connectivity index (χ1) is 11.6. The lowest BCUT2D eigenvalue weighted by Gasteiger charge is -2.23. The van der Waals surface area contributed by atoms with Crippen LogP contribution in [-0.4, -0.2) is 4.98 Å². The highest BCUT2D eigenvalue weighted by Gasteiger charge is 2.21. The number of hydrogen-bond donors (Lipinski definition) is 0. The number of aryl methyl sites for hydroxylation is 2. The van der Waals surface area contributed by atoms with Crippen molar-refractivity contribution in [2.24, 2.45) is 5.92 Å². The topological polar surface area (TPSA) is 12.9 Å². The zero-order valence-electron chi connectivity index (χ0n) is 15.7. The Kier molecular flexibility index (Phi) is 6.53. The van der Waals surface area contributed by atoms with E-state index in [-0.39, 0.29) is 5.83 Å². The highest BCUT2D eigenvalue weighted by Crippen LogP contribution is 2.38. The van der Waals surface area contributed by atoms with E-state index in [1.54, 1.807) is 0 Å². The fourth-order valence-corrected chi connectivity index (χ4v) is 3.53. The van der Waals surface area contributed by atoms with E-state index in [1.165, 1.54) is 10.9 Å². The molecule has 0 spiro atoms. The van der Waals surface area contributed by atoms with Crippen molar-refractivity contribution in [3.8, 4) is 0 Å². The maximum absolute atomic E-state index is 14.4. The molecule has 0 aliphatic heterocycles. The first-order valence-electron chi connectivity index (χ1n) is 9.40. The van der Waals surface area contributed by atoms with Crippen molar-refractivity contribution < 1.29 is 4.39 Å². The Balaban J connectivity index is 0.00000100. The molecule has 2 aromatic rings. The molecule has 1 nitrogen and oxygen atoms in total. The molecule has 0 N–H and O–H groups in total. The number of fused-ring (bicyclic) bond motifs is 1. The van der Waals surface area contributed by atoms with E-state index in [9.17, 15) is 4.39 Å². The fraction of sp³-hybridized carbons (Fsp3) is 0.500. The van der Waals surface area contributed by atoms with E-state index in [1.807, 2.05) is 32.9 Å². The predicted molar refractivity (Wildman–Crippen MR) is 103 cm³/mol. The quantitative estimate of drug-likeness (QED) is 0.590. The lowest BCUT2D eigenvalue weighted by molar-refractivity contribution is 0.424. The van der Waals surface area contributed by atoms with Crippen molar-refractivity contribution in [2.75, 3.05) is 0 Å². The summed E-state index contributed by atoms with van der Waals surface area (Å²) in [5.74, 6) is 0.703. The average Bonchev–Trinajstić information content (AvgIpc) is 2.62. The van der Waals surface area contributed by atoms with Gasteiger partial charge < -0.3 is 0 Å². The number of nitrogens with zero attached hydrogens (tertiary/aromatic N) is 1. The molecule has 24 heavy (non-hydrogen) atoms. The summed E-state index contributed by atoms with van der Waals surface area (Å²) in [5.41, 5.74) is 5.33. The van der Waals surface area contributed by atoms with Crippen molar-refractivity contribution in [3.63, 3.8) is 0 Å². The number of hydrogen-bond acceptors (Lipinski definition) is 1. The number of allylic oxidation sites excluding steroid dienone is 2. The second kappa shape index (κ2) is 8.41. The summed E-state index contributed by atoms with van der Waals surface area (Å²) in [6, 6.07) is 8.38. The second-order valence-corrected chi connectivity index (χ2v) is 6.41. The summed E-state index contributed by atoms with van der Waals surface area (Å²) >= 11 is 0. The van der Waals surface area contributed by atoms with Gasteiger partial charge in [-0.3, -0.25) is 4.98 Å². The monoisotopic (exact) mass is 327 g/mol. The van der Waals surface area contributed by atoms with Gasteiger partial charge in [-0.1, -0.05) is 40.2 Å². The normalized spacial score (nSPS) is 17.7. The molecular weight excluding hydrogens is 297 g/mol. The molecule has 1 aromatic heterocycles. The van der Waals surface area contributed by atoms with Gasteiger partial charge in [0.2, 0.25) is 0 Å². The minimum atomic E-state index is 0.0853. The van der Waals surface area contributed by atoms with Crippen LogP contribution in [0.25, 0.3) is 16.5 Å². The van der Waals surface area contributed by atoms with E-state index >= 15 is 0 Å². The van der Waals surface area contributed by atoms with Gasteiger partial charge in [0, 0.05) is 11.1 Å². The van der Waals surface area contributed by atoms with Crippen molar-refractivity contribution in [1.82, 2.24) is 4.98 Å². The molecule has 1 heterocycles. The molecule has 0 fully saturated rings. The van der Waals surface area contributed by atoms with Crippen LogP contribution in [-0.2, 0) is 6.42 Å². The summed E-state index contributed by atoms with van der Waals surface area (Å²) in [4.78, 5) is 4.61. The zero-order valence-corrected chi connectivity index (χ0v) is 15.7. The molecule has 1 aliphatic rings. The van der Waals surface area contributed by atoms with Gasteiger partial charge in [0.05, 0.1) is 5.52 Å². The Morgan fingerprint density at radius 3 is 2.58 bits per heavy atom. The fourth-order valence-electron chi connectivity index (χ4n) is 3.53. The zero-order chi connectivity index (χ0) is 17.7. The van der Waals surface area contributed by atoms with Crippen LogP contribution in [0.5, 0.6) is 0 Å². The molecule has 0 amide bonds. The minimum Gasteiger partial charge on any atom is -0.253 e. The van der Waals surface area contributed by atoms with E-state index in [4.69, 9.17) is 0 Å². The molecular formula is C22H30FN. The number of rotatable bonds is 3. The predicted octanol–water partition coefficient (Wildman–Crippen LogP) is 7.02. The Morgan fingerprint density at radius 1 is 1.17 bits per heavy atom. The lowest BCUT2D eigenvalue weighted by atomic mass is 9.83. The summed E-state index contributed by atoms with van der Waals surface area (Å²) in [6.07, 6.45) is 4.56. The minimum absolute atomic E-state index is 0.0853. The molecule has 1 unspecified atom stereocenters. The van der Waals surface area contributed by atoms with Gasteiger partial charge in [-0.05, 0) is 73.4 Å². The molecule has 1 atom stereocenters. The van der Waals surface area contributed by atoms with E-state index < -0.39 is 0 Å². The number of pyridine rings is 1. The molecule has 3 rings (SSSR count). The van der Waals surface area contributed by atoms with E-state index in [2.05, 4.69) is 31.0 Å². The average molecular weight is 327 g/mol. The largest absolute Gasteiger partial charge is 0.253 e. The Morgan fingerprint density at radius 2 is 1.92 bits per heavy atom. The van der Waals surface area contributed by atoms with Gasteiger partial charge in [-0.2, -0.15) is 0 Å².